The van der Waals surface area contributed by atoms with Crippen LogP contribution in [-0.4, -0.2) is 41.9 Å². The molecule has 0 radical (unpaired) electrons. The van der Waals surface area contributed by atoms with E-state index < -0.39 is 5.92 Å². The molecule has 0 saturated heterocycles. The monoisotopic (exact) mass is 674 g/mol. The average molecular weight is 676 g/mol. The van der Waals surface area contributed by atoms with Crippen molar-refractivity contribution >= 4 is 69.8 Å². The van der Waals surface area contributed by atoms with E-state index in [1.807, 2.05) is 18.2 Å². The Morgan fingerprint density at radius 3 is 2.32 bits per heavy atom. The molecule has 3 amide bonds. The summed E-state index contributed by atoms with van der Waals surface area (Å²) >= 11 is 13.6. The second kappa shape index (κ2) is 14.5. The molecule has 0 saturated carbocycles. The highest BCUT2D eigenvalue weighted by molar-refractivity contribution is 6.38. The van der Waals surface area contributed by atoms with Gasteiger partial charge >= 0.3 is 0 Å². The summed E-state index contributed by atoms with van der Waals surface area (Å²) in [4.78, 5) is 49.0. The van der Waals surface area contributed by atoms with Gasteiger partial charge in [-0.25, -0.2) is 4.98 Å². The van der Waals surface area contributed by atoms with Crippen LogP contribution in [0.15, 0.2) is 73.4 Å². The fourth-order valence-electron chi connectivity index (χ4n) is 5.16. The molecule has 13 heteroatoms. The van der Waals surface area contributed by atoms with E-state index in [-0.39, 0.29) is 46.7 Å². The minimum absolute atomic E-state index is 0.127. The van der Waals surface area contributed by atoms with E-state index in [1.165, 1.54) is 20.3 Å². The molecule has 0 fully saturated rings. The highest BCUT2D eigenvalue weighted by atomic mass is 35.5. The summed E-state index contributed by atoms with van der Waals surface area (Å²) in [6.07, 6.45) is 3.39. The first kappa shape index (κ1) is 33.2. The van der Waals surface area contributed by atoms with Crippen molar-refractivity contribution in [3.8, 4) is 11.5 Å². The number of rotatable bonds is 11. The number of methoxy groups -OCH3 is 2. The topological polar surface area (TPSA) is 135 Å². The molecular formula is C34H32Cl2N6O5. The number of amides is 3. The summed E-state index contributed by atoms with van der Waals surface area (Å²) in [7, 11) is 2.94. The minimum atomic E-state index is -0.810. The standard InChI is InChI=1S/C34H32Cl2N6O5/c1-5-27(43)38-21-10-12-22(13-11-21)40-34-37-17-20-15-24(29-30(35)25(46-3)16-26(47-4)31(29)36)33(45)42(32(20)41-34)18-19-8-7-9-23(14-19)39-28(44)6-2/h5,7-14,16-17,24H,1,6,15,18H2,2-4H3,(H,38,43)(H,39,44)(H,37,40,41). The van der Waals surface area contributed by atoms with Gasteiger partial charge in [0.2, 0.25) is 23.7 Å². The first-order chi connectivity index (χ1) is 22.6. The third kappa shape index (κ3) is 7.32. The van der Waals surface area contributed by atoms with Crippen molar-refractivity contribution in [1.29, 1.82) is 0 Å². The number of benzene rings is 3. The highest BCUT2D eigenvalue weighted by Crippen LogP contribution is 2.47. The quantitative estimate of drug-likeness (QED) is 0.146. The summed E-state index contributed by atoms with van der Waals surface area (Å²) < 4.78 is 10.9. The lowest BCUT2D eigenvalue weighted by molar-refractivity contribution is -0.120. The normalized spacial score (nSPS) is 13.8. The maximum Gasteiger partial charge on any atom is 0.247 e. The van der Waals surface area contributed by atoms with Gasteiger partial charge < -0.3 is 25.4 Å². The molecule has 47 heavy (non-hydrogen) atoms. The van der Waals surface area contributed by atoms with Crippen molar-refractivity contribution in [2.24, 2.45) is 0 Å². The predicted molar refractivity (Wildman–Crippen MR) is 183 cm³/mol. The van der Waals surface area contributed by atoms with E-state index in [1.54, 1.807) is 54.4 Å². The molecule has 242 valence electrons. The van der Waals surface area contributed by atoms with E-state index >= 15 is 0 Å². The fourth-order valence-corrected chi connectivity index (χ4v) is 5.93. The van der Waals surface area contributed by atoms with Crippen LogP contribution in [0.2, 0.25) is 10.0 Å². The molecule has 11 nitrogen and oxygen atoms in total. The van der Waals surface area contributed by atoms with Crippen LogP contribution in [0.1, 0.15) is 36.0 Å². The van der Waals surface area contributed by atoms with E-state index in [9.17, 15) is 14.4 Å². The fraction of sp³-hybridized carbons (Fsp3) is 0.206. The molecule has 4 aromatic rings. The lowest BCUT2D eigenvalue weighted by atomic mass is 9.87. The Morgan fingerprint density at radius 2 is 1.68 bits per heavy atom. The van der Waals surface area contributed by atoms with Crippen LogP contribution in [0.3, 0.4) is 0 Å². The van der Waals surface area contributed by atoms with Crippen LogP contribution in [0.4, 0.5) is 28.8 Å². The molecule has 1 aromatic heterocycles. The number of anilines is 5. The van der Waals surface area contributed by atoms with Crippen LogP contribution >= 0.6 is 23.2 Å². The Kier molecular flexibility index (Phi) is 10.3. The summed E-state index contributed by atoms with van der Waals surface area (Å²) in [6, 6.07) is 15.8. The summed E-state index contributed by atoms with van der Waals surface area (Å²) in [5, 5.41) is 9.13. The van der Waals surface area contributed by atoms with Crippen LogP contribution in [0, 0.1) is 0 Å². The van der Waals surface area contributed by atoms with E-state index in [2.05, 4.69) is 27.5 Å². The molecule has 3 N–H and O–H groups in total. The van der Waals surface area contributed by atoms with Gasteiger partial charge in [-0.2, -0.15) is 4.98 Å². The van der Waals surface area contributed by atoms with Gasteiger partial charge in [0.1, 0.15) is 17.3 Å². The maximum absolute atomic E-state index is 14.5. The Morgan fingerprint density at radius 1 is 1.00 bits per heavy atom. The number of hydrogen-bond acceptors (Lipinski definition) is 8. The lowest BCUT2D eigenvalue weighted by Crippen LogP contribution is -2.41. The highest BCUT2D eigenvalue weighted by Gasteiger charge is 2.39. The number of halogens is 2. The molecule has 0 bridgehead atoms. The number of aromatic nitrogens is 2. The zero-order chi connectivity index (χ0) is 33.7. The van der Waals surface area contributed by atoms with Gasteiger partial charge in [0.05, 0.1) is 36.7 Å². The van der Waals surface area contributed by atoms with Gasteiger partial charge in [-0.05, 0) is 54.5 Å². The van der Waals surface area contributed by atoms with Crippen LogP contribution in [0.5, 0.6) is 11.5 Å². The van der Waals surface area contributed by atoms with Gasteiger partial charge in [0.15, 0.2) is 0 Å². The third-order valence-electron chi connectivity index (χ3n) is 7.51. The van der Waals surface area contributed by atoms with E-state index in [4.69, 9.17) is 37.7 Å². The largest absolute Gasteiger partial charge is 0.495 e. The first-order valence-corrected chi connectivity index (χ1v) is 15.4. The number of fused-ring (bicyclic) bond motifs is 1. The molecule has 0 spiro atoms. The molecule has 1 atom stereocenters. The number of nitrogens with one attached hydrogen (secondary N) is 3. The number of carbonyl (C=O) groups is 3. The Bertz CT molecular complexity index is 1820. The maximum atomic E-state index is 14.5. The SMILES string of the molecule is C=CC(=O)Nc1ccc(Nc2ncc3c(n2)N(Cc2cccc(NC(=O)CC)c2)C(=O)C(c2c(Cl)c(OC)cc(OC)c2Cl)C3)cc1. The number of carbonyl (C=O) groups excluding carboxylic acids is 3. The molecule has 1 unspecified atom stereocenters. The van der Waals surface area contributed by atoms with Crippen molar-refractivity contribution in [2.75, 3.05) is 35.1 Å². The van der Waals surface area contributed by atoms with E-state index in [0.717, 1.165) is 5.56 Å². The molecule has 2 heterocycles. The Balaban J connectivity index is 1.54. The van der Waals surface area contributed by atoms with Gasteiger partial charge in [0, 0.05) is 46.9 Å². The third-order valence-corrected chi connectivity index (χ3v) is 8.29. The predicted octanol–water partition coefficient (Wildman–Crippen LogP) is 6.89. The smallest absolute Gasteiger partial charge is 0.247 e. The zero-order valence-corrected chi connectivity index (χ0v) is 27.4. The molecular weight excluding hydrogens is 643 g/mol. The molecule has 0 aliphatic carbocycles. The van der Waals surface area contributed by atoms with Crippen LogP contribution in [0.25, 0.3) is 0 Å². The molecule has 5 rings (SSSR count). The number of hydrogen-bond donors (Lipinski definition) is 3. The second-order valence-electron chi connectivity index (χ2n) is 10.5. The summed E-state index contributed by atoms with van der Waals surface area (Å²) in [6.45, 7) is 5.36. The Labute approximate surface area is 281 Å². The van der Waals surface area contributed by atoms with Crippen molar-refractivity contribution < 1.29 is 23.9 Å². The number of ether oxygens (including phenoxy) is 2. The number of nitrogens with zero attached hydrogens (tertiary/aromatic N) is 3. The minimum Gasteiger partial charge on any atom is -0.495 e. The molecule has 1 aliphatic heterocycles. The first-order valence-electron chi connectivity index (χ1n) is 14.6. The average Bonchev–Trinajstić information content (AvgIpc) is 3.07. The van der Waals surface area contributed by atoms with Crippen molar-refractivity contribution in [2.45, 2.75) is 32.2 Å². The molecule has 3 aromatic carbocycles. The van der Waals surface area contributed by atoms with Crippen molar-refractivity contribution in [1.82, 2.24) is 9.97 Å². The summed E-state index contributed by atoms with van der Waals surface area (Å²) in [5.41, 5.74) is 3.68. The van der Waals surface area contributed by atoms with Gasteiger partial charge in [-0.15, -0.1) is 0 Å². The Hall–Kier alpha value is -5.13. The zero-order valence-electron chi connectivity index (χ0n) is 25.9. The van der Waals surface area contributed by atoms with Crippen LogP contribution < -0.4 is 30.3 Å². The van der Waals surface area contributed by atoms with E-state index in [0.29, 0.717) is 51.9 Å². The van der Waals surface area contributed by atoms with Gasteiger partial charge in [0.25, 0.3) is 0 Å². The van der Waals surface area contributed by atoms with Crippen molar-refractivity contribution in [3.05, 3.63) is 100 Å². The summed E-state index contributed by atoms with van der Waals surface area (Å²) in [5.74, 6) is -0.259. The molecule has 1 aliphatic rings. The second-order valence-corrected chi connectivity index (χ2v) is 11.3. The van der Waals surface area contributed by atoms with Gasteiger partial charge in [-0.3, -0.25) is 19.3 Å². The van der Waals surface area contributed by atoms with Gasteiger partial charge in [-0.1, -0.05) is 48.8 Å². The van der Waals surface area contributed by atoms with Crippen molar-refractivity contribution in [3.63, 3.8) is 0 Å². The van der Waals surface area contributed by atoms with Crippen LogP contribution in [-0.2, 0) is 27.3 Å². The lowest BCUT2D eigenvalue weighted by Gasteiger charge is -2.34.